The third-order valence-electron chi connectivity index (χ3n) is 4.41. The van der Waals surface area contributed by atoms with Gasteiger partial charge in [-0.25, -0.2) is 0 Å². The maximum absolute atomic E-state index is 6.41. The lowest BCUT2D eigenvalue weighted by molar-refractivity contribution is 0.0117. The van der Waals surface area contributed by atoms with Crippen LogP contribution >= 0.6 is 0 Å². The molecule has 1 saturated heterocycles. The summed E-state index contributed by atoms with van der Waals surface area (Å²) in [5, 5.41) is 3.46. The van der Waals surface area contributed by atoms with E-state index < -0.39 is 0 Å². The summed E-state index contributed by atoms with van der Waals surface area (Å²) < 4.78 is 12.0. The van der Waals surface area contributed by atoms with Crippen LogP contribution in [0.5, 0.6) is 5.75 Å². The number of nitrogens with one attached hydrogen (secondary N) is 1. The van der Waals surface area contributed by atoms with Gasteiger partial charge >= 0.3 is 0 Å². The van der Waals surface area contributed by atoms with Gasteiger partial charge in [-0.2, -0.15) is 0 Å². The summed E-state index contributed by atoms with van der Waals surface area (Å²) in [7, 11) is 2.04. The number of rotatable bonds is 1. The van der Waals surface area contributed by atoms with Gasteiger partial charge in [-0.1, -0.05) is 17.7 Å². The van der Waals surface area contributed by atoms with Crippen LogP contribution in [0.2, 0.25) is 0 Å². The molecule has 0 radical (unpaired) electrons. The lowest BCUT2D eigenvalue weighted by Crippen LogP contribution is -2.44. The zero-order valence-electron chi connectivity index (χ0n) is 11.9. The minimum atomic E-state index is -0.0353. The summed E-state index contributed by atoms with van der Waals surface area (Å²) in [5.41, 5.74) is 2.56. The third-order valence-corrected chi connectivity index (χ3v) is 4.41. The molecule has 0 aromatic heterocycles. The van der Waals surface area contributed by atoms with Crippen molar-refractivity contribution in [3.63, 3.8) is 0 Å². The van der Waals surface area contributed by atoms with Crippen LogP contribution in [-0.2, 0) is 4.74 Å². The summed E-state index contributed by atoms with van der Waals surface area (Å²) in [6, 6.07) is 6.90. The van der Waals surface area contributed by atoms with E-state index in [4.69, 9.17) is 9.47 Å². The maximum Gasteiger partial charge on any atom is 0.124 e. The highest BCUT2D eigenvalue weighted by atomic mass is 16.5. The highest BCUT2D eigenvalue weighted by Gasteiger charge is 2.40. The molecule has 104 valence electrons. The Hall–Kier alpha value is -1.06. The van der Waals surface area contributed by atoms with Crippen LogP contribution in [0.3, 0.4) is 0 Å². The Bertz CT molecular complexity index is 450. The molecule has 2 unspecified atom stereocenters. The number of benzene rings is 1. The number of hydrogen-bond donors (Lipinski definition) is 1. The molecule has 2 atom stereocenters. The van der Waals surface area contributed by atoms with Crippen molar-refractivity contribution in [2.45, 2.75) is 44.2 Å². The summed E-state index contributed by atoms with van der Waals surface area (Å²) >= 11 is 0. The van der Waals surface area contributed by atoms with Gasteiger partial charge in [0.15, 0.2) is 0 Å². The molecule has 1 spiro atoms. The number of ether oxygens (including phenoxy) is 2. The predicted octanol–water partition coefficient (Wildman–Crippen LogP) is 2.98. The van der Waals surface area contributed by atoms with E-state index >= 15 is 0 Å². The topological polar surface area (TPSA) is 30.5 Å². The molecule has 2 heterocycles. The number of fused-ring (bicyclic) bond motifs is 1. The van der Waals surface area contributed by atoms with Crippen LogP contribution in [0.4, 0.5) is 0 Å². The van der Waals surface area contributed by atoms with Gasteiger partial charge in [0.05, 0.1) is 6.61 Å². The first-order valence-electron chi connectivity index (χ1n) is 7.27. The Morgan fingerprint density at radius 3 is 3.00 bits per heavy atom. The molecular weight excluding hydrogens is 238 g/mol. The standard InChI is InChI=1S/C16H23NO2/c1-12-4-5-15-13(10-12)14(17-2)11-16(19-15)6-3-8-18-9-7-16/h4-5,10,14,17H,3,6-9,11H2,1-2H3. The van der Waals surface area contributed by atoms with Gasteiger partial charge in [-0.05, 0) is 32.9 Å². The summed E-state index contributed by atoms with van der Waals surface area (Å²) in [6.45, 7) is 3.82. The third kappa shape index (κ3) is 2.49. The maximum atomic E-state index is 6.41. The van der Waals surface area contributed by atoms with Crippen LogP contribution in [0, 0.1) is 6.92 Å². The Balaban J connectivity index is 1.94. The highest BCUT2D eigenvalue weighted by molar-refractivity contribution is 5.41. The van der Waals surface area contributed by atoms with Crippen molar-refractivity contribution < 1.29 is 9.47 Å². The molecule has 0 bridgehead atoms. The van der Waals surface area contributed by atoms with E-state index in [0.29, 0.717) is 6.04 Å². The van der Waals surface area contributed by atoms with E-state index in [9.17, 15) is 0 Å². The highest BCUT2D eigenvalue weighted by Crippen LogP contribution is 2.44. The van der Waals surface area contributed by atoms with Crippen LogP contribution in [0.1, 0.15) is 42.9 Å². The molecule has 1 N–H and O–H groups in total. The zero-order chi connectivity index (χ0) is 13.3. The van der Waals surface area contributed by atoms with Crippen LogP contribution in [-0.4, -0.2) is 25.9 Å². The van der Waals surface area contributed by atoms with Gasteiger partial charge < -0.3 is 14.8 Å². The largest absolute Gasteiger partial charge is 0.487 e. The lowest BCUT2D eigenvalue weighted by Gasteiger charge is -2.42. The fourth-order valence-electron chi connectivity index (χ4n) is 3.34. The molecule has 3 heteroatoms. The Morgan fingerprint density at radius 2 is 2.16 bits per heavy atom. The molecule has 3 rings (SSSR count). The van der Waals surface area contributed by atoms with Gasteiger partial charge in [-0.15, -0.1) is 0 Å². The first-order chi connectivity index (χ1) is 9.22. The minimum Gasteiger partial charge on any atom is -0.487 e. The van der Waals surface area contributed by atoms with Crippen molar-refractivity contribution in [3.8, 4) is 5.75 Å². The van der Waals surface area contributed by atoms with Crippen LogP contribution in [0.15, 0.2) is 18.2 Å². The lowest BCUT2D eigenvalue weighted by atomic mass is 9.82. The second-order valence-electron chi connectivity index (χ2n) is 5.84. The predicted molar refractivity (Wildman–Crippen MR) is 75.6 cm³/mol. The molecule has 2 aliphatic heterocycles. The van der Waals surface area contributed by atoms with Gasteiger partial charge in [0, 0.05) is 31.1 Å². The Morgan fingerprint density at radius 1 is 1.26 bits per heavy atom. The SMILES string of the molecule is CNC1CC2(CCCOCC2)Oc2ccc(C)cc21. The molecule has 1 aromatic carbocycles. The summed E-state index contributed by atoms with van der Waals surface area (Å²) in [4.78, 5) is 0. The quantitative estimate of drug-likeness (QED) is 0.843. The number of hydrogen-bond acceptors (Lipinski definition) is 3. The summed E-state index contributed by atoms with van der Waals surface area (Å²) in [5.74, 6) is 1.05. The van der Waals surface area contributed by atoms with Crippen molar-refractivity contribution in [2.24, 2.45) is 0 Å². The van der Waals surface area contributed by atoms with E-state index in [1.54, 1.807) is 0 Å². The molecule has 3 nitrogen and oxygen atoms in total. The molecule has 1 aromatic rings. The fraction of sp³-hybridized carbons (Fsp3) is 0.625. The van der Waals surface area contributed by atoms with Crippen LogP contribution in [0.25, 0.3) is 0 Å². The fourth-order valence-corrected chi connectivity index (χ4v) is 3.34. The molecule has 1 fully saturated rings. The van der Waals surface area contributed by atoms with Crippen molar-refractivity contribution in [3.05, 3.63) is 29.3 Å². The first kappa shape index (κ1) is 12.9. The van der Waals surface area contributed by atoms with E-state index in [1.165, 1.54) is 11.1 Å². The van der Waals surface area contributed by atoms with Crippen molar-refractivity contribution >= 4 is 0 Å². The monoisotopic (exact) mass is 261 g/mol. The molecule has 19 heavy (non-hydrogen) atoms. The van der Waals surface area contributed by atoms with Gasteiger partial charge in [0.1, 0.15) is 11.4 Å². The molecule has 0 saturated carbocycles. The van der Waals surface area contributed by atoms with Crippen molar-refractivity contribution in [2.75, 3.05) is 20.3 Å². The van der Waals surface area contributed by atoms with Gasteiger partial charge in [0.25, 0.3) is 0 Å². The average molecular weight is 261 g/mol. The van der Waals surface area contributed by atoms with Gasteiger partial charge in [-0.3, -0.25) is 0 Å². The minimum absolute atomic E-state index is 0.0353. The molecule has 0 amide bonds. The van der Waals surface area contributed by atoms with E-state index in [0.717, 1.165) is 44.6 Å². The summed E-state index contributed by atoms with van der Waals surface area (Å²) in [6.07, 6.45) is 4.23. The zero-order valence-corrected chi connectivity index (χ0v) is 11.9. The van der Waals surface area contributed by atoms with E-state index in [1.807, 2.05) is 7.05 Å². The second kappa shape index (κ2) is 5.14. The van der Waals surface area contributed by atoms with Crippen molar-refractivity contribution in [1.29, 1.82) is 0 Å². The normalized spacial score (nSPS) is 30.5. The van der Waals surface area contributed by atoms with Crippen LogP contribution < -0.4 is 10.1 Å². The van der Waals surface area contributed by atoms with Gasteiger partial charge in [0.2, 0.25) is 0 Å². The number of aryl methyl sites for hydroxylation is 1. The molecule has 0 aliphatic carbocycles. The Labute approximate surface area is 115 Å². The Kier molecular flexibility index (Phi) is 3.50. The van der Waals surface area contributed by atoms with E-state index in [2.05, 4.69) is 30.4 Å². The van der Waals surface area contributed by atoms with E-state index in [-0.39, 0.29) is 5.60 Å². The van der Waals surface area contributed by atoms with Crippen molar-refractivity contribution in [1.82, 2.24) is 5.32 Å². The second-order valence-corrected chi connectivity index (χ2v) is 5.84. The smallest absolute Gasteiger partial charge is 0.124 e. The molecule has 2 aliphatic rings. The molecular formula is C16H23NO2. The first-order valence-corrected chi connectivity index (χ1v) is 7.27. The average Bonchev–Trinajstić information content (AvgIpc) is 2.64.